The molecular formula is C10H17N3O3Si. The van der Waals surface area contributed by atoms with Crippen LogP contribution >= 0.6 is 0 Å². The van der Waals surface area contributed by atoms with E-state index < -0.39 is 32.6 Å². The number of aliphatic hydroxyl groups is 2. The number of hydrogen-bond acceptors (Lipinski definition) is 4. The minimum atomic E-state index is -1.45. The van der Waals surface area contributed by atoms with Gasteiger partial charge in [-0.25, -0.2) is 0 Å². The van der Waals surface area contributed by atoms with Gasteiger partial charge in [0.1, 0.15) is 14.2 Å². The van der Waals surface area contributed by atoms with Crippen molar-refractivity contribution >= 4 is 8.07 Å². The van der Waals surface area contributed by atoms with Crippen molar-refractivity contribution in [3.05, 3.63) is 10.4 Å². The van der Waals surface area contributed by atoms with Crippen molar-refractivity contribution in [2.45, 2.75) is 50.6 Å². The molecule has 0 aromatic heterocycles. The number of azide groups is 1. The van der Waals surface area contributed by atoms with Gasteiger partial charge in [-0.1, -0.05) is 24.8 Å². The standard InChI is InChI=1S/C10H17N3O3Si/c1-17(2,3)6-4-5-7-8(12-13-11)9(14)10(15)16-7/h7-10,14-15H,5H2,1-3H3/t7-,8-,9-,10?/m1/s1. The van der Waals surface area contributed by atoms with Gasteiger partial charge >= 0.3 is 0 Å². The van der Waals surface area contributed by atoms with Crippen molar-refractivity contribution in [1.29, 1.82) is 0 Å². The molecule has 1 aliphatic rings. The first-order chi connectivity index (χ1) is 7.85. The predicted octanol–water partition coefficient (Wildman–Crippen LogP) is 1.01. The maximum atomic E-state index is 9.54. The summed E-state index contributed by atoms with van der Waals surface area (Å²) in [5.41, 5.74) is 11.5. The molecule has 1 fully saturated rings. The summed E-state index contributed by atoms with van der Waals surface area (Å²) >= 11 is 0. The zero-order chi connectivity index (χ0) is 13.1. The molecule has 0 amide bonds. The summed E-state index contributed by atoms with van der Waals surface area (Å²) in [6.07, 6.45) is -2.67. The fourth-order valence-corrected chi connectivity index (χ4v) is 2.15. The third-order valence-corrected chi connectivity index (χ3v) is 3.22. The van der Waals surface area contributed by atoms with Crippen LogP contribution in [0.2, 0.25) is 19.6 Å². The number of ether oxygens (including phenoxy) is 1. The summed E-state index contributed by atoms with van der Waals surface area (Å²) in [6.45, 7) is 6.35. The lowest BCUT2D eigenvalue weighted by Crippen LogP contribution is -2.30. The zero-order valence-electron chi connectivity index (χ0n) is 10.2. The first kappa shape index (κ1) is 14.0. The van der Waals surface area contributed by atoms with Crippen molar-refractivity contribution in [3.63, 3.8) is 0 Å². The molecule has 2 N–H and O–H groups in total. The highest BCUT2D eigenvalue weighted by molar-refractivity contribution is 6.83. The Morgan fingerprint density at radius 1 is 1.41 bits per heavy atom. The lowest BCUT2D eigenvalue weighted by Gasteiger charge is -2.11. The molecule has 94 valence electrons. The van der Waals surface area contributed by atoms with Crippen LogP contribution in [-0.4, -0.2) is 42.8 Å². The monoisotopic (exact) mass is 255 g/mol. The molecule has 7 heteroatoms. The molecule has 4 atom stereocenters. The number of nitrogens with zero attached hydrogens (tertiary/aromatic N) is 3. The molecule has 1 unspecified atom stereocenters. The van der Waals surface area contributed by atoms with Crippen molar-refractivity contribution in [1.82, 2.24) is 0 Å². The second-order valence-electron chi connectivity index (χ2n) is 5.01. The van der Waals surface area contributed by atoms with E-state index in [-0.39, 0.29) is 0 Å². The van der Waals surface area contributed by atoms with E-state index in [1.54, 1.807) is 0 Å². The van der Waals surface area contributed by atoms with E-state index in [1.807, 2.05) is 0 Å². The molecule has 0 spiro atoms. The smallest absolute Gasteiger partial charge is 0.181 e. The normalized spacial score (nSPS) is 32.5. The molecule has 1 saturated heterocycles. The summed E-state index contributed by atoms with van der Waals surface area (Å²) < 4.78 is 5.11. The minimum Gasteiger partial charge on any atom is -0.387 e. The molecule has 1 rings (SSSR count). The van der Waals surface area contributed by atoms with Gasteiger partial charge in [0.25, 0.3) is 0 Å². The van der Waals surface area contributed by atoms with Crippen LogP contribution in [0.4, 0.5) is 0 Å². The topological polar surface area (TPSA) is 98.5 Å². The molecule has 0 aliphatic carbocycles. The SMILES string of the molecule is C[Si](C)(C)C#CC[C@H]1OC(O)[C@H](O)[C@@H]1N=[N+]=[N-]. The van der Waals surface area contributed by atoms with Gasteiger partial charge in [0, 0.05) is 11.3 Å². The van der Waals surface area contributed by atoms with Gasteiger partial charge in [0.05, 0.1) is 12.1 Å². The molecule has 0 radical (unpaired) electrons. The molecule has 0 bridgehead atoms. The Labute approximate surface area is 101 Å². The molecule has 0 saturated carbocycles. The van der Waals surface area contributed by atoms with Gasteiger partial charge in [-0.05, 0) is 5.53 Å². The lowest BCUT2D eigenvalue weighted by atomic mass is 10.1. The second-order valence-corrected chi connectivity index (χ2v) is 9.76. The van der Waals surface area contributed by atoms with E-state index in [2.05, 4.69) is 41.1 Å². The Morgan fingerprint density at radius 3 is 2.59 bits per heavy atom. The van der Waals surface area contributed by atoms with Crippen LogP contribution in [0.15, 0.2) is 5.11 Å². The first-order valence-electron chi connectivity index (χ1n) is 5.41. The van der Waals surface area contributed by atoms with E-state index in [1.165, 1.54) is 0 Å². The quantitative estimate of drug-likeness (QED) is 0.253. The van der Waals surface area contributed by atoms with Gasteiger partial charge < -0.3 is 14.9 Å². The van der Waals surface area contributed by atoms with Crippen molar-refractivity contribution in [3.8, 4) is 11.5 Å². The van der Waals surface area contributed by atoms with E-state index in [4.69, 9.17) is 10.3 Å². The third-order valence-electron chi connectivity index (χ3n) is 2.29. The third kappa shape index (κ3) is 4.04. The first-order valence-corrected chi connectivity index (χ1v) is 8.91. The molecule has 1 aliphatic heterocycles. The van der Waals surface area contributed by atoms with Gasteiger partial charge in [0.15, 0.2) is 6.29 Å². The highest BCUT2D eigenvalue weighted by Crippen LogP contribution is 2.24. The maximum Gasteiger partial charge on any atom is 0.181 e. The summed E-state index contributed by atoms with van der Waals surface area (Å²) in [5, 5.41) is 22.3. The lowest BCUT2D eigenvalue weighted by molar-refractivity contribution is -0.125. The van der Waals surface area contributed by atoms with Crippen LogP contribution in [0, 0.1) is 11.5 Å². The average Bonchev–Trinajstić information content (AvgIpc) is 2.45. The summed E-state index contributed by atoms with van der Waals surface area (Å²) in [5.74, 6) is 2.98. The van der Waals surface area contributed by atoms with Crippen LogP contribution in [0.3, 0.4) is 0 Å². The van der Waals surface area contributed by atoms with Crippen LogP contribution in [0.1, 0.15) is 6.42 Å². The molecule has 0 aromatic rings. The molecular weight excluding hydrogens is 238 g/mol. The fraction of sp³-hybridized carbons (Fsp3) is 0.800. The highest BCUT2D eigenvalue weighted by Gasteiger charge is 2.41. The van der Waals surface area contributed by atoms with E-state index in [0.29, 0.717) is 6.42 Å². The predicted molar refractivity (Wildman–Crippen MR) is 65.6 cm³/mol. The second kappa shape index (κ2) is 5.54. The van der Waals surface area contributed by atoms with Gasteiger partial charge in [-0.2, -0.15) is 0 Å². The van der Waals surface area contributed by atoms with Crippen molar-refractivity contribution in [2.24, 2.45) is 5.11 Å². The van der Waals surface area contributed by atoms with Crippen LogP contribution < -0.4 is 0 Å². The Hall–Kier alpha value is -1.03. The van der Waals surface area contributed by atoms with Gasteiger partial charge in [0.2, 0.25) is 0 Å². The van der Waals surface area contributed by atoms with Gasteiger partial charge in [-0.3, -0.25) is 0 Å². The van der Waals surface area contributed by atoms with Crippen LogP contribution in [0.25, 0.3) is 10.4 Å². The summed E-state index contributed by atoms with van der Waals surface area (Å²) in [4.78, 5) is 2.64. The molecule has 17 heavy (non-hydrogen) atoms. The Bertz CT molecular complexity index is 378. The summed E-state index contributed by atoms with van der Waals surface area (Å²) in [7, 11) is -1.45. The Kier molecular flexibility index (Phi) is 4.57. The number of hydrogen-bond donors (Lipinski definition) is 2. The summed E-state index contributed by atoms with van der Waals surface area (Å²) in [6, 6.07) is -0.772. The Balaban J connectivity index is 2.69. The van der Waals surface area contributed by atoms with Crippen LogP contribution in [0.5, 0.6) is 0 Å². The average molecular weight is 255 g/mol. The largest absolute Gasteiger partial charge is 0.387 e. The fourth-order valence-electron chi connectivity index (χ4n) is 1.52. The molecule has 1 heterocycles. The number of aliphatic hydroxyl groups excluding tert-OH is 2. The minimum absolute atomic E-state index is 0.349. The van der Waals surface area contributed by atoms with E-state index in [0.717, 1.165) is 0 Å². The van der Waals surface area contributed by atoms with Crippen molar-refractivity contribution < 1.29 is 14.9 Å². The van der Waals surface area contributed by atoms with E-state index in [9.17, 15) is 10.2 Å². The molecule has 6 nitrogen and oxygen atoms in total. The van der Waals surface area contributed by atoms with E-state index >= 15 is 0 Å². The highest BCUT2D eigenvalue weighted by atomic mass is 28.3. The number of rotatable bonds is 2. The Morgan fingerprint density at radius 2 is 2.06 bits per heavy atom. The van der Waals surface area contributed by atoms with Crippen molar-refractivity contribution in [2.75, 3.05) is 0 Å². The molecule has 0 aromatic carbocycles. The van der Waals surface area contributed by atoms with Crippen LogP contribution in [-0.2, 0) is 4.74 Å². The zero-order valence-corrected chi connectivity index (χ0v) is 11.2. The maximum absolute atomic E-state index is 9.54. The van der Waals surface area contributed by atoms with Gasteiger partial charge in [-0.15, -0.1) is 11.5 Å².